The van der Waals surface area contributed by atoms with Crippen molar-refractivity contribution in [2.75, 3.05) is 0 Å². The van der Waals surface area contributed by atoms with Crippen LogP contribution in [0.1, 0.15) is 44.7 Å². The van der Waals surface area contributed by atoms with Gasteiger partial charge in [0, 0.05) is 11.5 Å². The SMILES string of the molecule is Cc1ccc(S(=O)(=O)N2C(OCc3ccccc3)C3(CC3)C2C(C)(C)C)cc1. The molecule has 150 valence electrons. The van der Waals surface area contributed by atoms with Crippen LogP contribution in [0.25, 0.3) is 0 Å². The number of nitrogens with zero attached hydrogens (tertiary/aromatic N) is 1. The molecule has 5 heteroatoms. The van der Waals surface area contributed by atoms with Gasteiger partial charge in [0.1, 0.15) is 6.23 Å². The highest BCUT2D eigenvalue weighted by Gasteiger charge is 2.74. The van der Waals surface area contributed by atoms with Crippen LogP contribution in [0.4, 0.5) is 0 Å². The van der Waals surface area contributed by atoms with Gasteiger partial charge in [0.15, 0.2) is 0 Å². The second-order valence-electron chi connectivity index (χ2n) is 9.30. The number of rotatable bonds is 5. The third kappa shape index (κ3) is 3.19. The minimum absolute atomic E-state index is 0.0490. The maximum Gasteiger partial charge on any atom is 0.245 e. The number of ether oxygens (including phenoxy) is 1. The molecule has 2 aromatic rings. The normalized spacial score (nSPS) is 24.1. The van der Waals surface area contributed by atoms with Gasteiger partial charge in [-0.3, -0.25) is 0 Å². The molecule has 2 aromatic carbocycles. The van der Waals surface area contributed by atoms with E-state index in [4.69, 9.17) is 4.74 Å². The van der Waals surface area contributed by atoms with Gasteiger partial charge < -0.3 is 4.74 Å². The van der Waals surface area contributed by atoms with Crippen LogP contribution in [0.2, 0.25) is 0 Å². The minimum atomic E-state index is -3.63. The molecule has 28 heavy (non-hydrogen) atoms. The van der Waals surface area contributed by atoms with E-state index in [1.54, 1.807) is 16.4 Å². The fraction of sp³-hybridized carbons (Fsp3) is 0.478. The molecule has 2 fully saturated rings. The average molecular weight is 400 g/mol. The third-order valence-corrected chi connectivity index (χ3v) is 7.84. The van der Waals surface area contributed by atoms with Crippen molar-refractivity contribution >= 4 is 10.0 Å². The summed E-state index contributed by atoms with van der Waals surface area (Å²) in [5, 5.41) is 0. The lowest BCUT2D eigenvalue weighted by molar-refractivity contribution is -0.207. The van der Waals surface area contributed by atoms with Crippen LogP contribution in [0.5, 0.6) is 0 Å². The Morgan fingerprint density at radius 1 is 1.04 bits per heavy atom. The van der Waals surface area contributed by atoms with Gasteiger partial charge in [-0.25, -0.2) is 8.42 Å². The van der Waals surface area contributed by atoms with Gasteiger partial charge in [0.05, 0.1) is 11.5 Å². The molecule has 1 aliphatic heterocycles. The second-order valence-corrected chi connectivity index (χ2v) is 11.1. The molecule has 1 spiro atoms. The van der Waals surface area contributed by atoms with Crippen LogP contribution in [0.15, 0.2) is 59.5 Å². The van der Waals surface area contributed by atoms with Gasteiger partial charge in [-0.1, -0.05) is 68.8 Å². The Hall–Kier alpha value is -1.69. The minimum Gasteiger partial charge on any atom is -0.357 e. The Morgan fingerprint density at radius 2 is 1.64 bits per heavy atom. The summed E-state index contributed by atoms with van der Waals surface area (Å²) in [5.74, 6) is 0. The monoisotopic (exact) mass is 399 g/mol. The molecule has 1 saturated heterocycles. The summed E-state index contributed by atoms with van der Waals surface area (Å²) in [6, 6.07) is 17.0. The van der Waals surface area contributed by atoms with Crippen molar-refractivity contribution in [3.05, 3.63) is 65.7 Å². The Balaban J connectivity index is 1.67. The Labute approximate surface area is 168 Å². The summed E-state index contributed by atoms with van der Waals surface area (Å²) in [7, 11) is -3.63. The Kier molecular flexibility index (Phi) is 4.68. The van der Waals surface area contributed by atoms with E-state index in [1.165, 1.54) is 0 Å². The maximum atomic E-state index is 13.6. The number of benzene rings is 2. The molecule has 0 radical (unpaired) electrons. The molecule has 1 aliphatic carbocycles. The molecule has 2 atom stereocenters. The number of aryl methyl sites for hydroxylation is 1. The van der Waals surface area contributed by atoms with E-state index in [1.807, 2.05) is 49.4 Å². The largest absolute Gasteiger partial charge is 0.357 e. The highest BCUT2D eigenvalue weighted by Crippen LogP contribution is 2.67. The van der Waals surface area contributed by atoms with Crippen LogP contribution in [0.3, 0.4) is 0 Å². The Bertz CT molecular complexity index is 942. The first-order valence-corrected chi connectivity index (χ1v) is 11.4. The third-order valence-electron chi connectivity index (χ3n) is 6.02. The van der Waals surface area contributed by atoms with Gasteiger partial charge >= 0.3 is 0 Å². The van der Waals surface area contributed by atoms with Gasteiger partial charge in [0.2, 0.25) is 10.0 Å². The first kappa shape index (κ1) is 19.6. The van der Waals surface area contributed by atoms with E-state index in [9.17, 15) is 8.42 Å². The Morgan fingerprint density at radius 3 is 2.18 bits per heavy atom. The van der Waals surface area contributed by atoms with Crippen molar-refractivity contribution in [1.29, 1.82) is 0 Å². The summed E-state index contributed by atoms with van der Waals surface area (Å²) in [5.41, 5.74) is 1.90. The van der Waals surface area contributed by atoms with Gasteiger partial charge in [-0.15, -0.1) is 0 Å². The molecule has 0 bridgehead atoms. The predicted octanol–water partition coefficient (Wildman–Crippen LogP) is 4.74. The number of hydrogen-bond acceptors (Lipinski definition) is 3. The molecule has 0 aromatic heterocycles. The fourth-order valence-corrected chi connectivity index (χ4v) is 6.74. The molecule has 2 unspecified atom stereocenters. The van der Waals surface area contributed by atoms with Crippen LogP contribution in [-0.4, -0.2) is 25.0 Å². The van der Waals surface area contributed by atoms with Gasteiger partial charge in [-0.2, -0.15) is 4.31 Å². The van der Waals surface area contributed by atoms with Crippen molar-refractivity contribution in [3.63, 3.8) is 0 Å². The molecule has 4 rings (SSSR count). The molecule has 4 nitrogen and oxygen atoms in total. The zero-order valence-electron chi connectivity index (χ0n) is 17.1. The highest BCUT2D eigenvalue weighted by molar-refractivity contribution is 7.89. The van der Waals surface area contributed by atoms with E-state index in [0.29, 0.717) is 11.5 Å². The summed E-state index contributed by atoms with van der Waals surface area (Å²) in [6.45, 7) is 8.77. The predicted molar refractivity (Wildman–Crippen MR) is 110 cm³/mol. The molecule has 2 aliphatic rings. The van der Waals surface area contributed by atoms with E-state index in [-0.39, 0.29) is 16.9 Å². The van der Waals surface area contributed by atoms with Crippen LogP contribution < -0.4 is 0 Å². The topological polar surface area (TPSA) is 46.6 Å². The van der Waals surface area contributed by atoms with E-state index in [2.05, 4.69) is 20.8 Å². The molecule has 0 amide bonds. The first-order chi connectivity index (χ1) is 13.2. The van der Waals surface area contributed by atoms with Crippen molar-refractivity contribution < 1.29 is 13.2 Å². The lowest BCUT2D eigenvalue weighted by Gasteiger charge is -2.59. The summed E-state index contributed by atoms with van der Waals surface area (Å²) < 4.78 is 35.0. The van der Waals surface area contributed by atoms with E-state index >= 15 is 0 Å². The van der Waals surface area contributed by atoms with Crippen LogP contribution in [-0.2, 0) is 21.4 Å². The standard InChI is InChI=1S/C23H29NO3S/c1-17-10-12-19(13-11-17)28(25,26)24-20(22(2,3)4)23(14-15-23)21(24)27-16-18-8-6-5-7-9-18/h5-13,20-21H,14-16H2,1-4H3. The smallest absolute Gasteiger partial charge is 0.245 e. The van der Waals surface area contributed by atoms with Gasteiger partial charge in [-0.05, 0) is 42.9 Å². The molecule has 0 N–H and O–H groups in total. The zero-order valence-corrected chi connectivity index (χ0v) is 17.9. The maximum absolute atomic E-state index is 13.6. The van der Waals surface area contributed by atoms with Crippen LogP contribution >= 0.6 is 0 Å². The first-order valence-electron chi connectivity index (χ1n) is 9.92. The fourth-order valence-electron chi connectivity index (χ4n) is 4.69. The van der Waals surface area contributed by atoms with Crippen LogP contribution in [0, 0.1) is 17.8 Å². The van der Waals surface area contributed by atoms with Crippen molar-refractivity contribution in [1.82, 2.24) is 4.31 Å². The molecule has 1 saturated carbocycles. The van der Waals surface area contributed by atoms with E-state index < -0.39 is 16.3 Å². The molecular formula is C23H29NO3S. The summed E-state index contributed by atoms with van der Waals surface area (Å²) in [4.78, 5) is 0.344. The lowest BCUT2D eigenvalue weighted by Crippen LogP contribution is -2.72. The average Bonchev–Trinajstić information content (AvgIpc) is 3.43. The van der Waals surface area contributed by atoms with Crippen molar-refractivity contribution in [2.24, 2.45) is 10.8 Å². The second kappa shape index (κ2) is 6.68. The quantitative estimate of drug-likeness (QED) is 0.730. The van der Waals surface area contributed by atoms with E-state index in [0.717, 1.165) is 24.0 Å². The summed E-state index contributed by atoms with van der Waals surface area (Å²) in [6.07, 6.45) is 1.64. The molecular weight excluding hydrogens is 370 g/mol. The number of sulfonamides is 1. The molecule has 1 heterocycles. The zero-order chi connectivity index (χ0) is 20.2. The van der Waals surface area contributed by atoms with Gasteiger partial charge in [0.25, 0.3) is 0 Å². The van der Waals surface area contributed by atoms with Crippen molar-refractivity contribution in [2.45, 2.75) is 64.3 Å². The van der Waals surface area contributed by atoms with Crippen molar-refractivity contribution in [3.8, 4) is 0 Å². The summed E-state index contributed by atoms with van der Waals surface area (Å²) >= 11 is 0. The lowest BCUT2D eigenvalue weighted by atomic mass is 9.70. The number of hydrogen-bond donors (Lipinski definition) is 0. The highest BCUT2D eigenvalue weighted by atomic mass is 32.2.